The second-order valence-corrected chi connectivity index (χ2v) is 6.96. The van der Waals surface area contributed by atoms with E-state index in [0.29, 0.717) is 50.2 Å². The van der Waals surface area contributed by atoms with E-state index in [9.17, 15) is 9.18 Å². The zero-order valence-electron chi connectivity index (χ0n) is 16.6. The molecule has 158 valence electrons. The molecule has 1 unspecified atom stereocenters. The second-order valence-electron chi connectivity index (χ2n) is 6.96. The maximum absolute atomic E-state index is 12.9. The zero-order valence-corrected chi connectivity index (χ0v) is 16.6. The number of halogens is 1. The summed E-state index contributed by atoms with van der Waals surface area (Å²) in [5.74, 6) is 1.44. The van der Waals surface area contributed by atoms with Gasteiger partial charge in [-0.2, -0.15) is 4.98 Å². The number of ether oxygens (including phenoxy) is 2. The minimum absolute atomic E-state index is 0.0349. The molecule has 1 aromatic carbocycles. The molecule has 3 rings (SSSR count). The van der Waals surface area contributed by atoms with E-state index in [0.717, 1.165) is 25.8 Å². The molecule has 1 aliphatic heterocycles. The maximum atomic E-state index is 12.9. The van der Waals surface area contributed by atoms with Gasteiger partial charge >= 0.3 is 6.03 Å². The number of methoxy groups -OCH3 is 1. The predicted octanol–water partition coefficient (Wildman–Crippen LogP) is 2.76. The van der Waals surface area contributed by atoms with Gasteiger partial charge in [0.2, 0.25) is 5.89 Å². The Morgan fingerprint density at radius 1 is 1.34 bits per heavy atom. The average Bonchev–Trinajstić information content (AvgIpc) is 3.22. The van der Waals surface area contributed by atoms with Gasteiger partial charge in [0.15, 0.2) is 5.82 Å². The van der Waals surface area contributed by atoms with Crippen LogP contribution < -0.4 is 10.1 Å². The smallest absolute Gasteiger partial charge is 0.317 e. The lowest BCUT2D eigenvalue weighted by molar-refractivity contribution is 0.168. The molecule has 1 aliphatic rings. The number of benzene rings is 1. The molecule has 1 atom stereocenters. The van der Waals surface area contributed by atoms with E-state index >= 15 is 0 Å². The Morgan fingerprint density at radius 3 is 2.97 bits per heavy atom. The third-order valence-electron chi connectivity index (χ3n) is 4.75. The SMILES string of the molecule is COCCCNC(=O)N1CCCC(c2nc(CCOc3ccc(F)cc3)no2)C1. The standard InChI is InChI=1S/C20H27FN4O4/c1-27-12-3-10-22-20(26)25-11-2-4-15(14-25)19-23-18(24-29-19)9-13-28-17-7-5-16(21)6-8-17/h5-8,15H,2-4,9-14H2,1H3,(H,22,26). The fourth-order valence-electron chi connectivity index (χ4n) is 3.21. The highest BCUT2D eigenvalue weighted by Crippen LogP contribution is 2.25. The first kappa shape index (κ1) is 21.0. The predicted molar refractivity (Wildman–Crippen MR) is 103 cm³/mol. The van der Waals surface area contributed by atoms with E-state index in [1.807, 2.05) is 0 Å². The van der Waals surface area contributed by atoms with Crippen molar-refractivity contribution in [3.8, 4) is 5.75 Å². The van der Waals surface area contributed by atoms with Crippen LogP contribution in [0.15, 0.2) is 28.8 Å². The Bertz CT molecular complexity index is 768. The summed E-state index contributed by atoms with van der Waals surface area (Å²) in [6.07, 6.45) is 3.06. The van der Waals surface area contributed by atoms with Crippen molar-refractivity contribution < 1.29 is 23.2 Å². The molecule has 2 heterocycles. The average molecular weight is 406 g/mol. The molecule has 2 aromatic rings. The lowest BCUT2D eigenvalue weighted by atomic mass is 9.98. The van der Waals surface area contributed by atoms with Gasteiger partial charge in [-0.15, -0.1) is 0 Å². The van der Waals surface area contributed by atoms with Gasteiger partial charge in [-0.05, 0) is 43.5 Å². The number of carbonyl (C=O) groups excluding carboxylic acids is 1. The Morgan fingerprint density at radius 2 is 2.17 bits per heavy atom. The van der Waals surface area contributed by atoms with Gasteiger partial charge in [-0.3, -0.25) is 0 Å². The fourth-order valence-corrected chi connectivity index (χ4v) is 3.21. The maximum Gasteiger partial charge on any atom is 0.317 e. The van der Waals surface area contributed by atoms with Gasteiger partial charge in [-0.1, -0.05) is 5.16 Å². The Kier molecular flexibility index (Phi) is 7.80. The summed E-state index contributed by atoms with van der Waals surface area (Å²) >= 11 is 0. The summed E-state index contributed by atoms with van der Waals surface area (Å²) in [6.45, 7) is 2.86. The van der Waals surface area contributed by atoms with E-state index in [1.54, 1.807) is 24.1 Å². The summed E-state index contributed by atoms with van der Waals surface area (Å²) in [4.78, 5) is 18.6. The van der Waals surface area contributed by atoms with Gasteiger partial charge in [-0.25, -0.2) is 9.18 Å². The lowest BCUT2D eigenvalue weighted by Gasteiger charge is -2.31. The fraction of sp³-hybridized carbons (Fsp3) is 0.550. The molecule has 8 nitrogen and oxygen atoms in total. The number of carbonyl (C=O) groups is 1. The molecular formula is C20H27FN4O4. The van der Waals surface area contributed by atoms with E-state index < -0.39 is 0 Å². The van der Waals surface area contributed by atoms with Gasteiger partial charge in [0.25, 0.3) is 0 Å². The monoisotopic (exact) mass is 406 g/mol. The second kappa shape index (κ2) is 10.8. The number of nitrogens with one attached hydrogen (secondary N) is 1. The molecule has 0 spiro atoms. The quantitative estimate of drug-likeness (QED) is 0.644. The summed E-state index contributed by atoms with van der Waals surface area (Å²) in [5, 5.41) is 6.93. The van der Waals surface area contributed by atoms with Crippen molar-refractivity contribution in [2.45, 2.75) is 31.6 Å². The first-order valence-electron chi connectivity index (χ1n) is 9.88. The normalized spacial score (nSPS) is 16.6. The molecule has 0 saturated carbocycles. The van der Waals surface area contributed by atoms with Crippen LogP contribution in [0.25, 0.3) is 0 Å². The number of nitrogens with zero attached hydrogens (tertiary/aromatic N) is 3. The molecule has 1 saturated heterocycles. The van der Waals surface area contributed by atoms with Crippen LogP contribution in [0.1, 0.15) is 36.9 Å². The highest BCUT2D eigenvalue weighted by molar-refractivity contribution is 5.74. The molecule has 1 N–H and O–H groups in total. The lowest BCUT2D eigenvalue weighted by Crippen LogP contribution is -2.45. The number of piperidine rings is 1. The summed E-state index contributed by atoms with van der Waals surface area (Å²) in [5.41, 5.74) is 0. The van der Waals surface area contributed by atoms with Gasteiger partial charge in [0, 0.05) is 39.8 Å². The zero-order chi connectivity index (χ0) is 20.5. The van der Waals surface area contributed by atoms with Crippen molar-refractivity contribution in [1.82, 2.24) is 20.4 Å². The van der Waals surface area contributed by atoms with E-state index in [4.69, 9.17) is 14.0 Å². The molecule has 0 aliphatic carbocycles. The minimum Gasteiger partial charge on any atom is -0.493 e. The number of likely N-dealkylation sites (tertiary alicyclic amines) is 1. The molecule has 0 radical (unpaired) electrons. The number of amides is 2. The highest BCUT2D eigenvalue weighted by atomic mass is 19.1. The number of hydrogen-bond donors (Lipinski definition) is 1. The van der Waals surface area contributed by atoms with Crippen molar-refractivity contribution in [1.29, 1.82) is 0 Å². The Balaban J connectivity index is 1.45. The third-order valence-corrected chi connectivity index (χ3v) is 4.75. The topological polar surface area (TPSA) is 89.7 Å². The summed E-state index contributed by atoms with van der Waals surface area (Å²) < 4.78 is 28.9. The van der Waals surface area contributed by atoms with Gasteiger partial charge < -0.3 is 24.2 Å². The Hall–Kier alpha value is -2.68. The molecule has 2 amide bonds. The number of rotatable bonds is 9. The molecule has 1 aromatic heterocycles. The van der Waals surface area contributed by atoms with E-state index in [1.165, 1.54) is 12.1 Å². The van der Waals surface area contributed by atoms with Gasteiger partial charge in [0.1, 0.15) is 11.6 Å². The number of aromatic nitrogens is 2. The summed E-state index contributed by atoms with van der Waals surface area (Å²) in [6, 6.07) is 5.79. The van der Waals surface area contributed by atoms with Crippen molar-refractivity contribution in [2.24, 2.45) is 0 Å². The van der Waals surface area contributed by atoms with Crippen LogP contribution >= 0.6 is 0 Å². The van der Waals surface area contributed by atoms with Crippen molar-refractivity contribution in [2.75, 3.05) is 40.0 Å². The number of urea groups is 1. The van der Waals surface area contributed by atoms with Crippen molar-refractivity contribution >= 4 is 6.03 Å². The molecular weight excluding hydrogens is 379 g/mol. The van der Waals surface area contributed by atoms with Crippen LogP contribution in [-0.4, -0.2) is 61.0 Å². The third kappa shape index (κ3) is 6.42. The molecule has 9 heteroatoms. The van der Waals surface area contributed by atoms with Crippen LogP contribution in [0, 0.1) is 5.82 Å². The first-order valence-corrected chi connectivity index (χ1v) is 9.88. The molecule has 0 bridgehead atoms. The molecule has 1 fully saturated rings. The van der Waals surface area contributed by atoms with E-state index in [-0.39, 0.29) is 17.8 Å². The van der Waals surface area contributed by atoms with Crippen LogP contribution in [0.5, 0.6) is 5.75 Å². The van der Waals surface area contributed by atoms with Crippen molar-refractivity contribution in [3.63, 3.8) is 0 Å². The highest BCUT2D eigenvalue weighted by Gasteiger charge is 2.28. The van der Waals surface area contributed by atoms with Crippen LogP contribution in [0.4, 0.5) is 9.18 Å². The van der Waals surface area contributed by atoms with E-state index in [2.05, 4.69) is 15.5 Å². The summed E-state index contributed by atoms with van der Waals surface area (Å²) in [7, 11) is 1.64. The Labute approximate surface area is 169 Å². The number of hydrogen-bond acceptors (Lipinski definition) is 6. The first-order chi connectivity index (χ1) is 14.2. The van der Waals surface area contributed by atoms with Crippen LogP contribution in [-0.2, 0) is 11.2 Å². The van der Waals surface area contributed by atoms with Crippen LogP contribution in [0.3, 0.4) is 0 Å². The van der Waals surface area contributed by atoms with Crippen molar-refractivity contribution in [3.05, 3.63) is 41.8 Å². The van der Waals surface area contributed by atoms with Gasteiger partial charge in [0.05, 0.1) is 12.5 Å². The minimum atomic E-state index is -0.301. The van der Waals surface area contributed by atoms with Crippen LogP contribution in [0.2, 0.25) is 0 Å². The largest absolute Gasteiger partial charge is 0.493 e. The molecule has 29 heavy (non-hydrogen) atoms.